The van der Waals surface area contributed by atoms with Crippen molar-refractivity contribution in [2.75, 3.05) is 18.4 Å². The van der Waals surface area contributed by atoms with E-state index in [0.717, 1.165) is 17.2 Å². The second kappa shape index (κ2) is 9.67. The molecule has 190 valence electrons. The van der Waals surface area contributed by atoms with Crippen molar-refractivity contribution in [3.8, 4) is 0 Å². The molecule has 2 aromatic rings. The second-order valence-corrected chi connectivity index (χ2v) is 9.52. The fraction of sp³-hybridized carbons (Fsp3) is 0.346. The summed E-state index contributed by atoms with van der Waals surface area (Å²) in [6, 6.07) is 7.58. The molecule has 2 aliphatic heterocycles. The number of hydrogen-bond donors (Lipinski definition) is 2. The zero-order valence-electron chi connectivity index (χ0n) is 20.3. The molecule has 4 amide bonds. The van der Waals surface area contributed by atoms with Crippen molar-refractivity contribution < 1.29 is 27.6 Å². The molecular weight excluding hydrogens is 473 g/mol. The quantitative estimate of drug-likeness (QED) is 0.618. The van der Waals surface area contributed by atoms with Gasteiger partial charge in [0.05, 0.1) is 6.54 Å². The van der Waals surface area contributed by atoms with Crippen molar-refractivity contribution in [3.63, 3.8) is 0 Å². The van der Waals surface area contributed by atoms with E-state index >= 15 is 0 Å². The van der Waals surface area contributed by atoms with Gasteiger partial charge in [-0.2, -0.15) is 0 Å². The van der Waals surface area contributed by atoms with Crippen molar-refractivity contribution in [2.24, 2.45) is 0 Å². The third-order valence-corrected chi connectivity index (χ3v) is 6.38. The molecule has 0 unspecified atom stereocenters. The lowest BCUT2D eigenvalue weighted by molar-refractivity contribution is -0.139. The van der Waals surface area contributed by atoms with Crippen LogP contribution in [0.1, 0.15) is 43.9 Å². The predicted molar refractivity (Wildman–Crippen MR) is 128 cm³/mol. The summed E-state index contributed by atoms with van der Waals surface area (Å²) in [6.07, 6.45) is 2.60. The van der Waals surface area contributed by atoms with Gasteiger partial charge >= 0.3 is 6.03 Å². The van der Waals surface area contributed by atoms with Crippen LogP contribution in [0, 0.1) is 17.5 Å². The minimum atomic E-state index is -1.53. The largest absolute Gasteiger partial charge is 0.342 e. The molecule has 0 aromatic heterocycles. The van der Waals surface area contributed by atoms with Gasteiger partial charge in [-0.15, -0.1) is 0 Å². The van der Waals surface area contributed by atoms with Crippen molar-refractivity contribution in [1.29, 1.82) is 0 Å². The Bertz CT molecular complexity index is 1260. The van der Waals surface area contributed by atoms with Crippen LogP contribution in [-0.2, 0) is 22.7 Å². The lowest BCUT2D eigenvalue weighted by Gasteiger charge is -2.34. The predicted octanol–water partition coefficient (Wildman–Crippen LogP) is 4.18. The molecule has 0 saturated heterocycles. The molecule has 0 bridgehead atoms. The normalized spacial score (nSPS) is 15.3. The van der Waals surface area contributed by atoms with E-state index in [9.17, 15) is 27.6 Å². The van der Waals surface area contributed by atoms with Gasteiger partial charge < -0.3 is 20.4 Å². The highest BCUT2D eigenvalue weighted by atomic mass is 19.2. The van der Waals surface area contributed by atoms with Crippen LogP contribution in [0.15, 0.2) is 36.4 Å². The van der Waals surface area contributed by atoms with Crippen LogP contribution in [-0.4, -0.2) is 46.3 Å². The number of amides is 4. The van der Waals surface area contributed by atoms with E-state index in [-0.39, 0.29) is 36.0 Å². The number of urea groups is 1. The van der Waals surface area contributed by atoms with E-state index in [1.54, 1.807) is 30.9 Å². The first-order valence-electron chi connectivity index (χ1n) is 11.5. The molecule has 0 aliphatic carbocycles. The zero-order valence-corrected chi connectivity index (χ0v) is 20.3. The summed E-state index contributed by atoms with van der Waals surface area (Å²) in [5.41, 5.74) is 1.77. The van der Waals surface area contributed by atoms with Gasteiger partial charge in [-0.3, -0.25) is 9.59 Å². The number of carbonyl (C=O) groups is 3. The lowest BCUT2D eigenvalue weighted by Crippen LogP contribution is -2.56. The van der Waals surface area contributed by atoms with Crippen molar-refractivity contribution in [3.05, 3.63) is 70.5 Å². The van der Waals surface area contributed by atoms with Crippen LogP contribution in [0.25, 0.3) is 5.57 Å². The van der Waals surface area contributed by atoms with Crippen molar-refractivity contribution in [1.82, 2.24) is 15.1 Å². The van der Waals surface area contributed by atoms with Gasteiger partial charge in [-0.05, 0) is 55.2 Å². The summed E-state index contributed by atoms with van der Waals surface area (Å²) in [5, 5.41) is 5.40. The number of halogens is 3. The van der Waals surface area contributed by atoms with E-state index < -0.39 is 29.0 Å². The fourth-order valence-electron chi connectivity index (χ4n) is 4.56. The van der Waals surface area contributed by atoms with Crippen LogP contribution in [0.4, 0.5) is 23.7 Å². The highest BCUT2D eigenvalue weighted by Gasteiger charge is 2.33. The molecule has 2 aromatic carbocycles. The minimum absolute atomic E-state index is 0.0170. The molecule has 2 aliphatic rings. The smallest absolute Gasteiger partial charge is 0.322 e. The molecule has 0 spiro atoms. The molecule has 7 nitrogen and oxygen atoms in total. The van der Waals surface area contributed by atoms with Gasteiger partial charge in [0.25, 0.3) is 0 Å². The third-order valence-electron chi connectivity index (χ3n) is 6.38. The first kappa shape index (κ1) is 25.3. The topological polar surface area (TPSA) is 81.8 Å². The average Bonchev–Trinajstić information content (AvgIpc) is 3.26. The van der Waals surface area contributed by atoms with Crippen LogP contribution >= 0.6 is 0 Å². The van der Waals surface area contributed by atoms with E-state index in [1.165, 1.54) is 11.8 Å². The average molecular weight is 501 g/mol. The van der Waals surface area contributed by atoms with Crippen LogP contribution in [0.3, 0.4) is 0 Å². The van der Waals surface area contributed by atoms with Gasteiger partial charge in [0.2, 0.25) is 11.8 Å². The number of nitrogens with zero attached hydrogens (tertiary/aromatic N) is 2. The Morgan fingerprint density at radius 3 is 2.28 bits per heavy atom. The number of anilines is 1. The van der Waals surface area contributed by atoms with Crippen LogP contribution in [0.2, 0.25) is 0 Å². The Hall–Kier alpha value is -3.82. The van der Waals surface area contributed by atoms with Gasteiger partial charge in [0.15, 0.2) is 17.5 Å². The highest BCUT2D eigenvalue weighted by Crippen LogP contribution is 2.29. The number of carbonyl (C=O) groups excluding carboxylic acids is 3. The van der Waals surface area contributed by atoms with E-state index in [0.29, 0.717) is 25.2 Å². The monoisotopic (exact) mass is 500 g/mol. The maximum absolute atomic E-state index is 14.0. The summed E-state index contributed by atoms with van der Waals surface area (Å²) in [7, 11) is 0. The van der Waals surface area contributed by atoms with Gasteiger partial charge in [-0.25, -0.2) is 18.0 Å². The SMILES string of the molecule is CC(=O)NC(C)(C)C(=O)N1CC=C(c2ccc(NC(=O)N3Cc4cc(F)c(F)c(F)c4C3)cc2)CC1. The van der Waals surface area contributed by atoms with Crippen molar-refractivity contribution in [2.45, 2.75) is 45.8 Å². The number of rotatable bonds is 4. The summed E-state index contributed by atoms with van der Waals surface area (Å²) in [6.45, 7) is 5.50. The summed E-state index contributed by atoms with van der Waals surface area (Å²) < 4.78 is 41.0. The van der Waals surface area contributed by atoms with E-state index in [1.807, 2.05) is 18.2 Å². The minimum Gasteiger partial charge on any atom is -0.342 e. The van der Waals surface area contributed by atoms with Crippen molar-refractivity contribution >= 4 is 29.1 Å². The molecular formula is C26H27F3N4O3. The lowest BCUT2D eigenvalue weighted by atomic mass is 9.97. The maximum Gasteiger partial charge on any atom is 0.322 e. The summed E-state index contributed by atoms with van der Waals surface area (Å²) >= 11 is 0. The second-order valence-electron chi connectivity index (χ2n) is 9.52. The zero-order chi connectivity index (χ0) is 26.2. The van der Waals surface area contributed by atoms with E-state index in [2.05, 4.69) is 10.6 Å². The first-order valence-corrected chi connectivity index (χ1v) is 11.5. The third kappa shape index (κ3) is 5.07. The Labute approximate surface area is 206 Å². The van der Waals surface area contributed by atoms with Gasteiger partial charge in [-0.1, -0.05) is 18.2 Å². The molecule has 2 N–H and O–H groups in total. The number of hydrogen-bond acceptors (Lipinski definition) is 3. The van der Waals surface area contributed by atoms with Gasteiger partial charge in [0, 0.05) is 37.8 Å². The molecule has 0 fully saturated rings. The molecule has 2 heterocycles. The molecule has 36 heavy (non-hydrogen) atoms. The molecule has 0 radical (unpaired) electrons. The number of fused-ring (bicyclic) bond motifs is 1. The van der Waals surface area contributed by atoms with Crippen LogP contribution in [0.5, 0.6) is 0 Å². The van der Waals surface area contributed by atoms with Gasteiger partial charge in [0.1, 0.15) is 5.54 Å². The Morgan fingerprint density at radius 1 is 0.972 bits per heavy atom. The molecule has 0 atom stereocenters. The summed E-state index contributed by atoms with van der Waals surface area (Å²) in [4.78, 5) is 39.7. The first-order chi connectivity index (χ1) is 17.0. The number of nitrogens with one attached hydrogen (secondary N) is 2. The molecule has 10 heteroatoms. The maximum atomic E-state index is 14.0. The fourth-order valence-corrected chi connectivity index (χ4v) is 4.56. The Morgan fingerprint density at radius 2 is 1.67 bits per heavy atom. The van der Waals surface area contributed by atoms with Crippen LogP contribution < -0.4 is 10.6 Å². The number of benzene rings is 2. The van der Waals surface area contributed by atoms with E-state index in [4.69, 9.17) is 0 Å². The Balaban J connectivity index is 1.36. The highest BCUT2D eigenvalue weighted by molar-refractivity contribution is 5.91. The standard InChI is InChI=1S/C26H27F3N4O3/c1-15(34)31-26(2,3)24(35)32-10-8-17(9-11-32)16-4-6-19(7-5-16)30-25(36)33-13-18-12-21(27)23(29)22(28)20(18)14-33/h4-8,12H,9-11,13-14H2,1-3H3,(H,30,36)(H,31,34). The molecule has 4 rings (SSSR count). The molecule has 0 saturated carbocycles. The Kier molecular flexibility index (Phi) is 6.79. The summed E-state index contributed by atoms with van der Waals surface area (Å²) in [5.74, 6) is -4.49.